The van der Waals surface area contributed by atoms with E-state index in [-0.39, 0.29) is 12.4 Å². The minimum atomic E-state index is -0.281. The Kier molecular flexibility index (Phi) is 5.22. The highest BCUT2D eigenvalue weighted by Gasteiger charge is 2.13. The van der Waals surface area contributed by atoms with Gasteiger partial charge in [0.25, 0.3) is 0 Å². The number of carbonyl (C=O) groups is 1. The molecule has 0 aromatic heterocycles. The summed E-state index contributed by atoms with van der Waals surface area (Å²) in [4.78, 5) is 11.4. The van der Waals surface area contributed by atoms with Crippen molar-refractivity contribution in [2.24, 2.45) is 0 Å². The van der Waals surface area contributed by atoms with Crippen molar-refractivity contribution in [1.82, 2.24) is 0 Å². The van der Waals surface area contributed by atoms with Gasteiger partial charge in [-0.05, 0) is 63.1 Å². The van der Waals surface area contributed by atoms with Crippen LogP contribution in [0.2, 0.25) is 0 Å². The van der Waals surface area contributed by atoms with Crippen LogP contribution in [-0.2, 0) is 16.0 Å². The van der Waals surface area contributed by atoms with E-state index in [0.717, 1.165) is 9.13 Å². The molecule has 0 bridgehead atoms. The van der Waals surface area contributed by atoms with Crippen LogP contribution in [-0.4, -0.2) is 12.6 Å². The molecule has 0 saturated carbocycles. The van der Waals surface area contributed by atoms with E-state index < -0.39 is 0 Å². The summed E-state index contributed by atoms with van der Waals surface area (Å²) in [7, 11) is 0. The van der Waals surface area contributed by atoms with E-state index in [2.05, 4.69) is 44.6 Å². The van der Waals surface area contributed by atoms with E-state index in [4.69, 9.17) is 10.00 Å². The summed E-state index contributed by atoms with van der Waals surface area (Å²) >= 11 is 5.47. The molecule has 0 heterocycles. The van der Waals surface area contributed by atoms with Crippen molar-refractivity contribution in [2.75, 3.05) is 6.61 Å². The maximum absolute atomic E-state index is 11.4. The third-order valence-electron chi connectivity index (χ3n) is 1.93. The van der Waals surface area contributed by atoms with Gasteiger partial charge in [0.05, 0.1) is 18.6 Å². The molecular weight excluding hydrogens is 385 g/mol. The molecule has 1 aromatic rings. The van der Waals surface area contributed by atoms with Crippen LogP contribution < -0.4 is 0 Å². The molecule has 0 aliphatic carbocycles. The fraction of sp³-hybridized carbons (Fsp3) is 0.273. The smallest absolute Gasteiger partial charge is 0.310 e. The summed E-state index contributed by atoms with van der Waals surface area (Å²) in [6, 6.07) is 5.61. The molecule has 0 saturated heterocycles. The third kappa shape index (κ3) is 3.19. The van der Waals surface area contributed by atoms with Crippen molar-refractivity contribution >= 4 is 44.5 Å². The van der Waals surface area contributed by atoms with Crippen LogP contribution in [0.4, 0.5) is 0 Å². The normalized spacial score (nSPS) is 9.62. The zero-order valence-corrected chi connectivity index (χ0v) is 12.3. The monoisotopic (exact) mass is 393 g/mol. The Bertz CT molecular complexity index is 454. The van der Waals surface area contributed by atoms with Gasteiger partial charge in [-0.2, -0.15) is 5.26 Å². The standard InChI is InChI=1S/C11H9BrINO2/c1-2-16-10(15)5-8-9(13)4-3-7(6-14)11(8)12/h3-4H,2,5H2,1H3. The van der Waals surface area contributed by atoms with E-state index in [1.54, 1.807) is 13.0 Å². The van der Waals surface area contributed by atoms with E-state index in [1.165, 1.54) is 0 Å². The Hall–Kier alpha value is -0.610. The van der Waals surface area contributed by atoms with Gasteiger partial charge in [-0.25, -0.2) is 0 Å². The molecule has 16 heavy (non-hydrogen) atoms. The van der Waals surface area contributed by atoms with Gasteiger partial charge in [-0.1, -0.05) is 0 Å². The van der Waals surface area contributed by atoms with Gasteiger partial charge < -0.3 is 4.74 Å². The van der Waals surface area contributed by atoms with E-state index in [9.17, 15) is 4.79 Å². The molecular formula is C11H9BrINO2. The number of halogens is 2. The maximum atomic E-state index is 11.4. The van der Waals surface area contributed by atoms with Crippen molar-refractivity contribution in [1.29, 1.82) is 5.26 Å². The number of hydrogen-bond acceptors (Lipinski definition) is 3. The van der Waals surface area contributed by atoms with Crippen LogP contribution >= 0.6 is 38.5 Å². The van der Waals surface area contributed by atoms with Gasteiger partial charge in [-0.15, -0.1) is 0 Å². The second kappa shape index (κ2) is 6.21. The zero-order chi connectivity index (χ0) is 12.1. The Morgan fingerprint density at radius 1 is 1.62 bits per heavy atom. The van der Waals surface area contributed by atoms with Crippen molar-refractivity contribution < 1.29 is 9.53 Å². The maximum Gasteiger partial charge on any atom is 0.310 e. The van der Waals surface area contributed by atoms with Gasteiger partial charge in [0.1, 0.15) is 6.07 Å². The molecule has 84 valence electrons. The summed E-state index contributed by atoms with van der Waals surface area (Å²) in [5, 5.41) is 8.87. The molecule has 0 aliphatic heterocycles. The number of ether oxygens (including phenoxy) is 1. The lowest BCUT2D eigenvalue weighted by atomic mass is 10.1. The summed E-state index contributed by atoms with van der Waals surface area (Å²) in [5.74, 6) is -0.281. The first-order chi connectivity index (χ1) is 7.60. The average Bonchev–Trinajstić information content (AvgIpc) is 2.25. The number of esters is 1. The molecule has 5 heteroatoms. The van der Waals surface area contributed by atoms with Gasteiger partial charge >= 0.3 is 5.97 Å². The average molecular weight is 394 g/mol. The number of nitriles is 1. The SMILES string of the molecule is CCOC(=O)Cc1c(I)ccc(C#N)c1Br. The van der Waals surface area contributed by atoms with Gasteiger partial charge in [0.2, 0.25) is 0 Å². The van der Waals surface area contributed by atoms with Crippen LogP contribution in [0.15, 0.2) is 16.6 Å². The Labute approximate surface area is 116 Å². The van der Waals surface area contributed by atoms with Crippen LogP contribution in [0.1, 0.15) is 18.1 Å². The van der Waals surface area contributed by atoms with E-state index in [1.807, 2.05) is 6.07 Å². The van der Waals surface area contributed by atoms with E-state index >= 15 is 0 Å². The van der Waals surface area contributed by atoms with Crippen molar-refractivity contribution in [2.45, 2.75) is 13.3 Å². The number of carbonyl (C=O) groups excluding carboxylic acids is 1. The molecule has 0 aliphatic rings. The van der Waals surface area contributed by atoms with Crippen LogP contribution in [0.5, 0.6) is 0 Å². The molecule has 0 atom stereocenters. The molecule has 0 fully saturated rings. The minimum Gasteiger partial charge on any atom is -0.466 e. The van der Waals surface area contributed by atoms with Gasteiger partial charge in [-0.3, -0.25) is 4.79 Å². The molecule has 0 unspecified atom stereocenters. The van der Waals surface area contributed by atoms with Gasteiger partial charge in [0, 0.05) is 8.04 Å². The first-order valence-corrected chi connectivity index (χ1v) is 6.50. The molecule has 0 N–H and O–H groups in total. The predicted octanol–water partition coefficient (Wildman–Crippen LogP) is 3.03. The largest absolute Gasteiger partial charge is 0.466 e. The van der Waals surface area contributed by atoms with Crippen molar-refractivity contribution in [3.8, 4) is 6.07 Å². The second-order valence-corrected chi connectivity index (χ2v) is 4.94. The number of rotatable bonds is 3. The summed E-state index contributed by atoms with van der Waals surface area (Å²) < 4.78 is 6.50. The predicted molar refractivity (Wildman–Crippen MR) is 71.9 cm³/mol. The minimum absolute atomic E-state index is 0.183. The Balaban J connectivity index is 3.04. The Morgan fingerprint density at radius 3 is 2.88 bits per heavy atom. The molecule has 0 radical (unpaired) electrons. The highest BCUT2D eigenvalue weighted by atomic mass is 127. The first kappa shape index (κ1) is 13.5. The lowest BCUT2D eigenvalue weighted by molar-refractivity contribution is -0.142. The molecule has 0 spiro atoms. The van der Waals surface area contributed by atoms with E-state index in [0.29, 0.717) is 16.6 Å². The second-order valence-electron chi connectivity index (χ2n) is 2.98. The van der Waals surface area contributed by atoms with Crippen LogP contribution in [0, 0.1) is 14.9 Å². The molecule has 3 nitrogen and oxygen atoms in total. The molecule has 0 amide bonds. The first-order valence-electron chi connectivity index (χ1n) is 4.62. The van der Waals surface area contributed by atoms with Crippen LogP contribution in [0.25, 0.3) is 0 Å². The topological polar surface area (TPSA) is 50.1 Å². The highest BCUT2D eigenvalue weighted by molar-refractivity contribution is 14.1. The van der Waals surface area contributed by atoms with Gasteiger partial charge in [0.15, 0.2) is 0 Å². The fourth-order valence-corrected chi connectivity index (χ4v) is 2.79. The Morgan fingerprint density at radius 2 is 2.31 bits per heavy atom. The molecule has 1 aromatic carbocycles. The van der Waals surface area contributed by atoms with Crippen LogP contribution in [0.3, 0.4) is 0 Å². The lowest BCUT2D eigenvalue weighted by Gasteiger charge is -2.08. The number of nitrogens with zero attached hydrogens (tertiary/aromatic N) is 1. The summed E-state index contributed by atoms with van der Waals surface area (Å²) in [5.41, 5.74) is 1.33. The highest BCUT2D eigenvalue weighted by Crippen LogP contribution is 2.26. The van der Waals surface area contributed by atoms with Crippen molar-refractivity contribution in [3.05, 3.63) is 31.3 Å². The summed E-state index contributed by atoms with van der Waals surface area (Å²) in [6.45, 7) is 2.13. The quantitative estimate of drug-likeness (QED) is 0.585. The van der Waals surface area contributed by atoms with Crippen molar-refractivity contribution in [3.63, 3.8) is 0 Å². The lowest BCUT2D eigenvalue weighted by Crippen LogP contribution is -2.09. The molecule has 1 rings (SSSR count). The zero-order valence-electron chi connectivity index (χ0n) is 8.59. The fourth-order valence-electron chi connectivity index (χ4n) is 1.20. The third-order valence-corrected chi connectivity index (χ3v) is 3.85. The number of benzene rings is 1. The summed E-state index contributed by atoms with van der Waals surface area (Å²) in [6.07, 6.45) is 0.183. The number of hydrogen-bond donors (Lipinski definition) is 0.